The third-order valence-electron chi connectivity index (χ3n) is 5.05. The Labute approximate surface area is 158 Å². The van der Waals surface area contributed by atoms with E-state index in [0.717, 1.165) is 31.7 Å². The molecule has 2 atom stereocenters. The molecule has 2 aliphatic rings. The molecule has 2 fully saturated rings. The van der Waals surface area contributed by atoms with Gasteiger partial charge in [-0.05, 0) is 25.0 Å². The molecule has 0 radical (unpaired) electrons. The number of amides is 2. The molecule has 0 aliphatic carbocycles. The molecule has 4 rings (SSSR count). The second-order valence-electron chi connectivity index (χ2n) is 6.88. The van der Waals surface area contributed by atoms with Crippen LogP contribution in [0.25, 0.3) is 0 Å². The Balaban J connectivity index is 1.55. The highest BCUT2D eigenvalue weighted by atomic mass is 16.5. The van der Waals surface area contributed by atoms with Gasteiger partial charge in [0.15, 0.2) is 0 Å². The average Bonchev–Trinajstić information content (AvgIpc) is 3.39. The molecule has 0 N–H and O–H groups in total. The highest BCUT2D eigenvalue weighted by Gasteiger charge is 2.43. The standard InChI is InChI=1S/C20H22N4O3/c25-19(17-13-21-8-9-22-17)24-14-16(27-15-6-2-1-3-7-15)12-18(24)20(26)23-10-4-5-11-23/h1-3,6-9,13,16,18H,4-5,10-12,14H2/t16-,18-/m0/s1. The zero-order chi connectivity index (χ0) is 18.6. The molecule has 0 spiro atoms. The van der Waals surface area contributed by atoms with Gasteiger partial charge in [-0.25, -0.2) is 4.98 Å². The van der Waals surface area contributed by atoms with Gasteiger partial charge in [0, 0.05) is 31.9 Å². The molecule has 140 valence electrons. The molecule has 1 aromatic carbocycles. The van der Waals surface area contributed by atoms with E-state index in [0.29, 0.717) is 13.0 Å². The van der Waals surface area contributed by atoms with Gasteiger partial charge in [-0.1, -0.05) is 18.2 Å². The Bertz CT molecular complexity index is 793. The van der Waals surface area contributed by atoms with Crippen LogP contribution in [0.15, 0.2) is 48.9 Å². The number of hydrogen-bond acceptors (Lipinski definition) is 5. The van der Waals surface area contributed by atoms with Crippen molar-refractivity contribution >= 4 is 11.8 Å². The Kier molecular flexibility index (Phi) is 5.00. The van der Waals surface area contributed by atoms with E-state index in [1.54, 1.807) is 4.90 Å². The molecule has 3 heterocycles. The number of hydrogen-bond donors (Lipinski definition) is 0. The fourth-order valence-electron chi connectivity index (χ4n) is 3.74. The smallest absolute Gasteiger partial charge is 0.274 e. The first-order valence-electron chi connectivity index (χ1n) is 9.30. The van der Waals surface area contributed by atoms with Crippen LogP contribution in [0.1, 0.15) is 29.8 Å². The summed E-state index contributed by atoms with van der Waals surface area (Å²) < 4.78 is 6.03. The van der Waals surface area contributed by atoms with Crippen molar-refractivity contribution in [1.82, 2.24) is 19.8 Å². The fourth-order valence-corrected chi connectivity index (χ4v) is 3.74. The first-order chi connectivity index (χ1) is 13.2. The van der Waals surface area contributed by atoms with Crippen molar-refractivity contribution in [2.45, 2.75) is 31.4 Å². The number of benzene rings is 1. The second kappa shape index (κ2) is 7.73. The van der Waals surface area contributed by atoms with Gasteiger partial charge < -0.3 is 14.5 Å². The quantitative estimate of drug-likeness (QED) is 0.824. The van der Waals surface area contributed by atoms with Crippen molar-refractivity contribution in [2.24, 2.45) is 0 Å². The van der Waals surface area contributed by atoms with Gasteiger partial charge in [-0.3, -0.25) is 14.6 Å². The van der Waals surface area contributed by atoms with Gasteiger partial charge in [-0.15, -0.1) is 0 Å². The van der Waals surface area contributed by atoms with Crippen LogP contribution in [0.2, 0.25) is 0 Å². The van der Waals surface area contributed by atoms with Gasteiger partial charge in [0.05, 0.1) is 12.7 Å². The lowest BCUT2D eigenvalue weighted by Crippen LogP contribution is -2.47. The van der Waals surface area contributed by atoms with E-state index in [1.807, 2.05) is 35.2 Å². The molecule has 2 aliphatic heterocycles. The number of likely N-dealkylation sites (tertiary alicyclic amines) is 2. The van der Waals surface area contributed by atoms with Gasteiger partial charge in [0.1, 0.15) is 23.6 Å². The Morgan fingerprint density at radius 3 is 2.56 bits per heavy atom. The summed E-state index contributed by atoms with van der Waals surface area (Å²) in [6.07, 6.45) is 6.72. The van der Waals surface area contributed by atoms with Crippen LogP contribution < -0.4 is 4.74 Å². The van der Waals surface area contributed by atoms with Crippen LogP contribution in [-0.2, 0) is 4.79 Å². The van der Waals surface area contributed by atoms with Crippen molar-refractivity contribution in [1.29, 1.82) is 0 Å². The molecule has 0 saturated carbocycles. The average molecular weight is 366 g/mol. The fraction of sp³-hybridized carbons (Fsp3) is 0.400. The Hall–Kier alpha value is -2.96. The van der Waals surface area contributed by atoms with E-state index in [2.05, 4.69) is 9.97 Å². The van der Waals surface area contributed by atoms with Crippen LogP contribution in [0.3, 0.4) is 0 Å². The Morgan fingerprint density at radius 1 is 1.07 bits per heavy atom. The summed E-state index contributed by atoms with van der Waals surface area (Å²) in [5.41, 5.74) is 0.247. The van der Waals surface area contributed by atoms with E-state index in [-0.39, 0.29) is 23.6 Å². The number of para-hydroxylation sites is 1. The predicted molar refractivity (Wildman–Crippen MR) is 98.1 cm³/mol. The topological polar surface area (TPSA) is 75.6 Å². The van der Waals surface area contributed by atoms with Gasteiger partial charge in [0.2, 0.25) is 5.91 Å². The van der Waals surface area contributed by atoms with E-state index < -0.39 is 6.04 Å². The van der Waals surface area contributed by atoms with Crippen molar-refractivity contribution in [3.8, 4) is 5.75 Å². The SMILES string of the molecule is O=C([C@@H]1C[C@H](Oc2ccccc2)CN1C(=O)c1cnccn1)N1CCCC1. The number of aromatic nitrogens is 2. The molecular weight excluding hydrogens is 344 g/mol. The van der Waals surface area contributed by atoms with E-state index in [4.69, 9.17) is 4.74 Å². The number of rotatable bonds is 4. The van der Waals surface area contributed by atoms with Crippen molar-refractivity contribution in [3.05, 3.63) is 54.6 Å². The van der Waals surface area contributed by atoms with E-state index in [1.165, 1.54) is 18.6 Å². The number of carbonyl (C=O) groups is 2. The molecule has 1 aromatic heterocycles. The molecule has 27 heavy (non-hydrogen) atoms. The van der Waals surface area contributed by atoms with Crippen molar-refractivity contribution < 1.29 is 14.3 Å². The summed E-state index contributed by atoms with van der Waals surface area (Å²) in [7, 11) is 0. The summed E-state index contributed by atoms with van der Waals surface area (Å²) in [5.74, 6) is 0.465. The largest absolute Gasteiger partial charge is 0.488 e. The highest BCUT2D eigenvalue weighted by molar-refractivity contribution is 5.96. The minimum atomic E-state index is -0.522. The lowest BCUT2D eigenvalue weighted by atomic mass is 10.1. The maximum atomic E-state index is 13.0. The summed E-state index contributed by atoms with van der Waals surface area (Å²) >= 11 is 0. The van der Waals surface area contributed by atoms with Crippen LogP contribution in [0, 0.1) is 0 Å². The molecule has 2 amide bonds. The number of ether oxygens (including phenoxy) is 1. The minimum absolute atomic E-state index is 0.00361. The molecule has 0 unspecified atom stereocenters. The van der Waals surface area contributed by atoms with E-state index in [9.17, 15) is 9.59 Å². The molecule has 7 heteroatoms. The van der Waals surface area contributed by atoms with Crippen LogP contribution in [-0.4, -0.2) is 63.4 Å². The van der Waals surface area contributed by atoms with E-state index >= 15 is 0 Å². The molecular formula is C20H22N4O3. The van der Waals surface area contributed by atoms with Crippen molar-refractivity contribution in [3.63, 3.8) is 0 Å². The molecule has 0 bridgehead atoms. The molecule has 2 aromatic rings. The van der Waals surface area contributed by atoms with Gasteiger partial charge in [-0.2, -0.15) is 0 Å². The van der Waals surface area contributed by atoms with Gasteiger partial charge >= 0.3 is 0 Å². The number of carbonyl (C=O) groups excluding carboxylic acids is 2. The minimum Gasteiger partial charge on any atom is -0.488 e. The molecule has 7 nitrogen and oxygen atoms in total. The van der Waals surface area contributed by atoms with Gasteiger partial charge in [0.25, 0.3) is 5.91 Å². The maximum absolute atomic E-state index is 13.0. The highest BCUT2D eigenvalue weighted by Crippen LogP contribution is 2.26. The Morgan fingerprint density at radius 2 is 1.85 bits per heavy atom. The monoisotopic (exact) mass is 366 g/mol. The first-order valence-corrected chi connectivity index (χ1v) is 9.30. The second-order valence-corrected chi connectivity index (χ2v) is 6.88. The third kappa shape index (κ3) is 3.77. The summed E-state index contributed by atoms with van der Waals surface area (Å²) in [6.45, 7) is 1.87. The summed E-state index contributed by atoms with van der Waals surface area (Å²) in [4.78, 5) is 37.5. The molecule has 2 saturated heterocycles. The summed E-state index contributed by atoms with van der Waals surface area (Å²) in [6, 6.07) is 8.96. The van der Waals surface area contributed by atoms with Crippen LogP contribution in [0.4, 0.5) is 0 Å². The zero-order valence-corrected chi connectivity index (χ0v) is 15.0. The predicted octanol–water partition coefficient (Wildman–Crippen LogP) is 1.76. The zero-order valence-electron chi connectivity index (χ0n) is 15.0. The number of nitrogens with zero attached hydrogens (tertiary/aromatic N) is 4. The van der Waals surface area contributed by atoms with Crippen molar-refractivity contribution in [2.75, 3.05) is 19.6 Å². The lowest BCUT2D eigenvalue weighted by Gasteiger charge is -2.27. The summed E-state index contributed by atoms with van der Waals surface area (Å²) in [5, 5.41) is 0. The van der Waals surface area contributed by atoms with Crippen LogP contribution >= 0.6 is 0 Å². The first kappa shape index (κ1) is 17.5. The lowest BCUT2D eigenvalue weighted by molar-refractivity contribution is -0.134. The maximum Gasteiger partial charge on any atom is 0.274 e. The van der Waals surface area contributed by atoms with Crippen LogP contribution in [0.5, 0.6) is 5.75 Å². The third-order valence-corrected chi connectivity index (χ3v) is 5.05. The normalized spacial score (nSPS) is 22.1.